The number of nitrogens with two attached hydrogens (primary N) is 1. The van der Waals surface area contributed by atoms with E-state index in [9.17, 15) is 0 Å². The van der Waals surface area contributed by atoms with Crippen LogP contribution in [-0.2, 0) is 6.61 Å². The second-order valence-corrected chi connectivity index (χ2v) is 6.13. The molecule has 20 heavy (non-hydrogen) atoms. The summed E-state index contributed by atoms with van der Waals surface area (Å²) in [4.78, 5) is 4.55. The van der Waals surface area contributed by atoms with Crippen molar-refractivity contribution in [3.05, 3.63) is 39.8 Å². The zero-order valence-electron chi connectivity index (χ0n) is 11.6. The molecule has 5 heteroatoms. The summed E-state index contributed by atoms with van der Waals surface area (Å²) < 4.78 is 11.3. The third kappa shape index (κ3) is 2.64. The molecule has 0 bridgehead atoms. The van der Waals surface area contributed by atoms with Gasteiger partial charge in [-0.15, -0.1) is 11.3 Å². The van der Waals surface area contributed by atoms with E-state index in [2.05, 4.69) is 24.2 Å². The molecule has 4 nitrogen and oxygen atoms in total. The van der Waals surface area contributed by atoms with Crippen LogP contribution in [0.2, 0.25) is 0 Å². The number of nitrogens with zero attached hydrogens (tertiary/aromatic N) is 1. The van der Waals surface area contributed by atoms with Crippen molar-refractivity contribution in [2.45, 2.75) is 32.4 Å². The minimum absolute atomic E-state index is 0.0220. The van der Waals surface area contributed by atoms with Crippen molar-refractivity contribution < 1.29 is 9.47 Å². The van der Waals surface area contributed by atoms with Gasteiger partial charge in [0.05, 0.1) is 16.7 Å². The molecule has 2 heterocycles. The summed E-state index contributed by atoms with van der Waals surface area (Å²) in [5.41, 5.74) is 7.94. The molecule has 0 radical (unpaired) electrons. The number of rotatable bonds is 4. The van der Waals surface area contributed by atoms with Gasteiger partial charge in [-0.3, -0.25) is 0 Å². The van der Waals surface area contributed by atoms with Crippen LogP contribution in [-0.4, -0.2) is 11.6 Å². The zero-order valence-corrected chi connectivity index (χ0v) is 12.4. The molecule has 0 saturated carbocycles. The molecule has 1 unspecified atom stereocenters. The van der Waals surface area contributed by atoms with E-state index >= 15 is 0 Å². The van der Waals surface area contributed by atoms with Crippen molar-refractivity contribution in [1.82, 2.24) is 4.98 Å². The SMILES string of the molecule is CC(C)c1nc(COc2ccc3c(c2)OCC3N)cs1. The lowest BCUT2D eigenvalue weighted by atomic mass is 10.1. The van der Waals surface area contributed by atoms with Gasteiger partial charge in [0.1, 0.15) is 24.7 Å². The second-order valence-electron chi connectivity index (χ2n) is 5.24. The van der Waals surface area contributed by atoms with Crippen molar-refractivity contribution in [3.8, 4) is 11.5 Å². The van der Waals surface area contributed by atoms with Crippen LogP contribution in [0.3, 0.4) is 0 Å². The predicted octanol–water partition coefficient (Wildman–Crippen LogP) is 3.24. The molecule has 1 aromatic carbocycles. The van der Waals surface area contributed by atoms with Gasteiger partial charge in [0.15, 0.2) is 0 Å². The quantitative estimate of drug-likeness (QED) is 0.939. The highest BCUT2D eigenvalue weighted by atomic mass is 32.1. The molecule has 0 saturated heterocycles. The van der Waals surface area contributed by atoms with Crippen molar-refractivity contribution in [2.75, 3.05) is 6.61 Å². The fourth-order valence-electron chi connectivity index (χ4n) is 2.12. The molecule has 106 valence electrons. The summed E-state index contributed by atoms with van der Waals surface area (Å²) in [5.74, 6) is 2.08. The number of hydrogen-bond acceptors (Lipinski definition) is 5. The molecule has 0 fully saturated rings. The van der Waals surface area contributed by atoms with Crippen molar-refractivity contribution in [2.24, 2.45) is 5.73 Å². The van der Waals surface area contributed by atoms with Gasteiger partial charge in [0, 0.05) is 22.9 Å². The maximum absolute atomic E-state index is 5.92. The standard InChI is InChI=1S/C15H18N2O2S/c1-9(2)15-17-10(8-20-15)6-18-11-3-4-12-13(16)7-19-14(12)5-11/h3-5,8-9,13H,6-7,16H2,1-2H3. The molecule has 1 atom stereocenters. The van der Waals surface area contributed by atoms with Crippen LogP contribution < -0.4 is 15.2 Å². The van der Waals surface area contributed by atoms with Crippen LogP contribution in [0.25, 0.3) is 0 Å². The monoisotopic (exact) mass is 290 g/mol. The Bertz CT molecular complexity index is 610. The van der Waals surface area contributed by atoms with Crippen LogP contribution in [0.5, 0.6) is 11.5 Å². The van der Waals surface area contributed by atoms with E-state index in [-0.39, 0.29) is 6.04 Å². The number of ether oxygens (including phenoxy) is 2. The van der Waals surface area contributed by atoms with E-state index in [0.717, 1.165) is 27.8 Å². The number of thiazole rings is 1. The topological polar surface area (TPSA) is 57.4 Å². The minimum atomic E-state index is -0.0220. The summed E-state index contributed by atoms with van der Waals surface area (Å²) in [7, 11) is 0. The Morgan fingerprint density at radius 2 is 2.35 bits per heavy atom. The first-order chi connectivity index (χ1) is 9.63. The van der Waals surface area contributed by atoms with Crippen molar-refractivity contribution in [1.29, 1.82) is 0 Å². The molecule has 0 aliphatic carbocycles. The smallest absolute Gasteiger partial charge is 0.131 e. The number of benzene rings is 1. The van der Waals surface area contributed by atoms with Crippen LogP contribution >= 0.6 is 11.3 Å². The largest absolute Gasteiger partial charge is 0.491 e. The van der Waals surface area contributed by atoms with Crippen LogP contribution in [0.15, 0.2) is 23.6 Å². The first kappa shape index (κ1) is 13.4. The van der Waals surface area contributed by atoms with Crippen LogP contribution in [0.4, 0.5) is 0 Å². The van der Waals surface area contributed by atoms with E-state index in [0.29, 0.717) is 19.1 Å². The average Bonchev–Trinajstić information content (AvgIpc) is 3.04. The normalized spacial score (nSPS) is 17.1. The van der Waals surface area contributed by atoms with Gasteiger partial charge in [-0.05, 0) is 12.1 Å². The highest BCUT2D eigenvalue weighted by Gasteiger charge is 2.20. The van der Waals surface area contributed by atoms with Crippen LogP contribution in [0.1, 0.15) is 42.1 Å². The predicted molar refractivity (Wildman–Crippen MR) is 79.4 cm³/mol. The maximum atomic E-state index is 5.92. The van der Waals surface area contributed by atoms with Gasteiger partial charge in [0.25, 0.3) is 0 Å². The van der Waals surface area contributed by atoms with Crippen molar-refractivity contribution >= 4 is 11.3 Å². The molecule has 0 amide bonds. The number of aromatic nitrogens is 1. The summed E-state index contributed by atoms with van der Waals surface area (Å²) in [6.45, 7) is 5.31. The molecule has 3 rings (SSSR count). The molecule has 1 aromatic heterocycles. The van der Waals surface area contributed by atoms with Gasteiger partial charge < -0.3 is 15.2 Å². The van der Waals surface area contributed by atoms with Gasteiger partial charge in [-0.2, -0.15) is 0 Å². The first-order valence-electron chi connectivity index (χ1n) is 6.73. The highest BCUT2D eigenvalue weighted by Crippen LogP contribution is 2.34. The lowest BCUT2D eigenvalue weighted by Crippen LogP contribution is -2.10. The summed E-state index contributed by atoms with van der Waals surface area (Å²) in [5, 5.41) is 3.20. The van der Waals surface area contributed by atoms with Gasteiger partial charge in [0.2, 0.25) is 0 Å². The molecular formula is C15H18N2O2S. The Kier molecular flexibility index (Phi) is 3.63. The van der Waals surface area contributed by atoms with Crippen LogP contribution in [0, 0.1) is 0 Å². The van der Waals surface area contributed by atoms with Gasteiger partial charge >= 0.3 is 0 Å². The Balaban J connectivity index is 1.66. The number of hydrogen-bond donors (Lipinski definition) is 1. The lowest BCUT2D eigenvalue weighted by molar-refractivity contribution is 0.297. The molecule has 1 aliphatic heterocycles. The van der Waals surface area contributed by atoms with E-state index < -0.39 is 0 Å². The maximum Gasteiger partial charge on any atom is 0.131 e. The first-order valence-corrected chi connectivity index (χ1v) is 7.61. The van der Waals surface area contributed by atoms with E-state index in [1.165, 1.54) is 0 Å². The number of fused-ring (bicyclic) bond motifs is 1. The molecular weight excluding hydrogens is 272 g/mol. The summed E-state index contributed by atoms with van der Waals surface area (Å²) in [6, 6.07) is 5.79. The van der Waals surface area contributed by atoms with Gasteiger partial charge in [-0.1, -0.05) is 13.8 Å². The third-order valence-corrected chi connectivity index (χ3v) is 4.45. The highest BCUT2D eigenvalue weighted by molar-refractivity contribution is 7.09. The van der Waals surface area contributed by atoms with Crippen molar-refractivity contribution in [3.63, 3.8) is 0 Å². The fourth-order valence-corrected chi connectivity index (χ4v) is 2.94. The second kappa shape index (κ2) is 5.42. The van der Waals surface area contributed by atoms with Gasteiger partial charge in [-0.25, -0.2) is 4.98 Å². The lowest BCUT2D eigenvalue weighted by Gasteiger charge is -2.06. The average molecular weight is 290 g/mol. The molecule has 2 aromatic rings. The molecule has 0 spiro atoms. The Labute approximate surface area is 122 Å². The fraction of sp³-hybridized carbons (Fsp3) is 0.400. The molecule has 1 aliphatic rings. The van der Waals surface area contributed by atoms with E-state index in [4.69, 9.17) is 15.2 Å². The Morgan fingerprint density at radius 3 is 3.10 bits per heavy atom. The summed E-state index contributed by atoms with van der Waals surface area (Å²) >= 11 is 1.68. The Hall–Kier alpha value is -1.59. The van der Waals surface area contributed by atoms with E-state index in [1.54, 1.807) is 11.3 Å². The zero-order chi connectivity index (χ0) is 14.1. The summed E-state index contributed by atoms with van der Waals surface area (Å²) in [6.07, 6.45) is 0. The Morgan fingerprint density at radius 1 is 1.50 bits per heavy atom. The minimum Gasteiger partial charge on any atom is -0.491 e. The van der Waals surface area contributed by atoms with E-state index in [1.807, 2.05) is 18.2 Å². The molecule has 2 N–H and O–H groups in total. The third-order valence-electron chi connectivity index (χ3n) is 3.25.